The number of carbonyl (C=O) groups excluding carboxylic acids is 1. The zero-order valence-corrected chi connectivity index (χ0v) is 13.3. The highest BCUT2D eigenvalue weighted by molar-refractivity contribution is 5.80. The van der Waals surface area contributed by atoms with Gasteiger partial charge in [0.2, 0.25) is 5.91 Å². The molecule has 1 saturated heterocycles. The number of hydrogen-bond acceptors (Lipinski definition) is 3. The Bertz CT molecular complexity index is 751. The molecule has 6 nitrogen and oxygen atoms in total. The van der Waals surface area contributed by atoms with Crippen molar-refractivity contribution in [2.24, 2.45) is 7.05 Å². The van der Waals surface area contributed by atoms with E-state index in [1.165, 1.54) is 9.13 Å². The Morgan fingerprint density at radius 1 is 1.32 bits per heavy atom. The van der Waals surface area contributed by atoms with Gasteiger partial charge in [-0.1, -0.05) is 0 Å². The van der Waals surface area contributed by atoms with Crippen LogP contribution in [-0.2, 0) is 18.4 Å². The van der Waals surface area contributed by atoms with Gasteiger partial charge in [-0.25, -0.2) is 9.78 Å². The zero-order chi connectivity index (χ0) is 15.9. The highest BCUT2D eigenvalue weighted by Crippen LogP contribution is 2.23. The van der Waals surface area contributed by atoms with Crippen molar-refractivity contribution in [1.29, 1.82) is 0 Å². The minimum absolute atomic E-state index is 0.0122. The Kier molecular flexibility index (Phi) is 3.76. The summed E-state index contributed by atoms with van der Waals surface area (Å²) in [5.74, 6) is 0.0122. The van der Waals surface area contributed by atoms with Crippen LogP contribution >= 0.6 is 0 Å². The summed E-state index contributed by atoms with van der Waals surface area (Å²) in [7, 11) is 1.69. The van der Waals surface area contributed by atoms with Crippen LogP contribution in [0.2, 0.25) is 0 Å². The Hall–Kier alpha value is -2.11. The van der Waals surface area contributed by atoms with Crippen LogP contribution in [0.25, 0.3) is 11.2 Å². The van der Waals surface area contributed by atoms with Crippen molar-refractivity contribution in [2.45, 2.75) is 51.7 Å². The maximum absolute atomic E-state index is 12.7. The lowest BCUT2D eigenvalue weighted by Gasteiger charge is -2.39. The second-order valence-corrected chi connectivity index (χ2v) is 6.20. The summed E-state index contributed by atoms with van der Waals surface area (Å²) in [4.78, 5) is 31.3. The molecule has 1 aliphatic heterocycles. The monoisotopic (exact) mass is 302 g/mol. The largest absolute Gasteiger partial charge is 0.336 e. The minimum atomic E-state index is -0.195. The molecule has 0 spiro atoms. The van der Waals surface area contributed by atoms with E-state index in [4.69, 9.17) is 0 Å². The first-order chi connectivity index (χ1) is 10.5. The van der Waals surface area contributed by atoms with Crippen LogP contribution in [-0.4, -0.2) is 37.0 Å². The fraction of sp³-hybridized carbons (Fsp3) is 0.562. The summed E-state index contributed by atoms with van der Waals surface area (Å²) in [6.45, 7) is 4.25. The summed E-state index contributed by atoms with van der Waals surface area (Å²) in [5.41, 5.74) is 1.13. The van der Waals surface area contributed by atoms with Crippen LogP contribution in [0, 0.1) is 0 Å². The first kappa shape index (κ1) is 14.8. The molecule has 0 aliphatic carbocycles. The lowest BCUT2D eigenvalue weighted by Crippen LogP contribution is -2.49. The highest BCUT2D eigenvalue weighted by Gasteiger charge is 2.29. The molecule has 1 amide bonds. The van der Waals surface area contributed by atoms with E-state index in [0.29, 0.717) is 11.2 Å². The van der Waals surface area contributed by atoms with Gasteiger partial charge in [0.25, 0.3) is 0 Å². The lowest BCUT2D eigenvalue weighted by atomic mass is 9.97. The van der Waals surface area contributed by atoms with Crippen LogP contribution in [0.4, 0.5) is 0 Å². The van der Waals surface area contributed by atoms with Gasteiger partial charge >= 0.3 is 5.69 Å². The van der Waals surface area contributed by atoms with Crippen molar-refractivity contribution in [1.82, 2.24) is 19.0 Å². The van der Waals surface area contributed by atoms with E-state index in [9.17, 15) is 9.59 Å². The number of aryl methyl sites for hydroxylation is 1. The molecular formula is C16H22N4O2. The topological polar surface area (TPSA) is 60.1 Å². The molecule has 0 radical (unpaired) electrons. The molecular weight excluding hydrogens is 280 g/mol. The average Bonchev–Trinajstić information content (AvgIpc) is 2.73. The SMILES string of the molecule is C[C@H]1CCC[C@H](C)N1C(=O)Cn1c(=O)n(C)c2ncccc21. The van der Waals surface area contributed by atoms with Crippen LogP contribution < -0.4 is 5.69 Å². The van der Waals surface area contributed by atoms with E-state index >= 15 is 0 Å². The third-order valence-electron chi connectivity index (χ3n) is 4.67. The van der Waals surface area contributed by atoms with E-state index in [0.717, 1.165) is 19.3 Å². The summed E-state index contributed by atoms with van der Waals surface area (Å²) >= 11 is 0. The molecule has 0 N–H and O–H groups in total. The fourth-order valence-electron chi connectivity index (χ4n) is 3.51. The van der Waals surface area contributed by atoms with Crippen LogP contribution in [0.3, 0.4) is 0 Å². The van der Waals surface area contributed by atoms with Crippen LogP contribution in [0.15, 0.2) is 23.1 Å². The van der Waals surface area contributed by atoms with Crippen molar-refractivity contribution in [3.05, 3.63) is 28.8 Å². The average molecular weight is 302 g/mol. The van der Waals surface area contributed by atoms with Gasteiger partial charge in [0.15, 0.2) is 5.65 Å². The highest BCUT2D eigenvalue weighted by atomic mass is 16.2. The Labute approximate surface area is 129 Å². The maximum atomic E-state index is 12.7. The van der Waals surface area contributed by atoms with Crippen LogP contribution in [0.5, 0.6) is 0 Å². The molecule has 0 bridgehead atoms. The van der Waals surface area contributed by atoms with Crippen molar-refractivity contribution in [2.75, 3.05) is 0 Å². The summed E-state index contributed by atoms with van der Waals surface area (Å²) in [6, 6.07) is 4.09. The first-order valence-corrected chi connectivity index (χ1v) is 7.82. The number of nitrogens with zero attached hydrogens (tertiary/aromatic N) is 4. The van der Waals surface area contributed by atoms with E-state index in [1.54, 1.807) is 19.3 Å². The smallest absolute Gasteiger partial charge is 0.330 e. The third kappa shape index (κ3) is 2.32. The number of hydrogen-bond donors (Lipinski definition) is 0. The molecule has 0 aromatic carbocycles. The standard InChI is InChI=1S/C16H22N4O2/c1-11-6-4-7-12(2)20(11)14(21)10-19-13-8-5-9-17-15(13)18(3)16(19)22/h5,8-9,11-12H,4,6-7,10H2,1-3H3/t11-,12-/m0/s1. The molecule has 2 aromatic rings. The Balaban J connectivity index is 1.95. The molecule has 22 heavy (non-hydrogen) atoms. The van der Waals surface area contributed by atoms with Gasteiger partial charge in [-0.3, -0.25) is 13.9 Å². The molecule has 3 rings (SSSR count). The van der Waals surface area contributed by atoms with E-state index < -0.39 is 0 Å². The normalized spacial score (nSPS) is 22.2. The molecule has 118 valence electrons. The number of imidazole rings is 1. The minimum Gasteiger partial charge on any atom is -0.336 e. The molecule has 0 unspecified atom stereocenters. The number of fused-ring (bicyclic) bond motifs is 1. The van der Waals surface area contributed by atoms with E-state index in [1.807, 2.05) is 11.0 Å². The van der Waals surface area contributed by atoms with Crippen LogP contribution in [0.1, 0.15) is 33.1 Å². The van der Waals surface area contributed by atoms with Gasteiger partial charge in [-0.2, -0.15) is 0 Å². The number of piperidine rings is 1. The first-order valence-electron chi connectivity index (χ1n) is 7.82. The molecule has 1 aliphatic rings. The molecule has 1 fully saturated rings. The van der Waals surface area contributed by atoms with Crippen molar-refractivity contribution < 1.29 is 4.79 Å². The third-order valence-corrected chi connectivity index (χ3v) is 4.67. The second-order valence-electron chi connectivity index (χ2n) is 6.20. The molecule has 3 heterocycles. The number of carbonyl (C=O) groups is 1. The summed E-state index contributed by atoms with van der Waals surface area (Å²) in [6.07, 6.45) is 4.87. The molecule has 2 atom stereocenters. The van der Waals surface area contributed by atoms with Gasteiger partial charge in [-0.05, 0) is 45.2 Å². The number of pyridine rings is 1. The molecule has 0 saturated carbocycles. The Morgan fingerprint density at radius 3 is 2.68 bits per heavy atom. The predicted molar refractivity (Wildman–Crippen MR) is 84.6 cm³/mol. The zero-order valence-electron chi connectivity index (χ0n) is 13.3. The van der Waals surface area contributed by atoms with Gasteiger partial charge in [0, 0.05) is 25.3 Å². The fourth-order valence-corrected chi connectivity index (χ4v) is 3.51. The van der Waals surface area contributed by atoms with E-state index in [-0.39, 0.29) is 30.2 Å². The van der Waals surface area contributed by atoms with Gasteiger partial charge < -0.3 is 4.90 Å². The number of rotatable bonds is 2. The molecule has 6 heteroatoms. The van der Waals surface area contributed by atoms with E-state index in [2.05, 4.69) is 18.8 Å². The van der Waals surface area contributed by atoms with Crippen molar-refractivity contribution >= 4 is 17.1 Å². The maximum Gasteiger partial charge on any atom is 0.330 e. The van der Waals surface area contributed by atoms with Crippen molar-refractivity contribution in [3.8, 4) is 0 Å². The lowest BCUT2D eigenvalue weighted by molar-refractivity contribution is -0.137. The second kappa shape index (κ2) is 5.59. The quantitative estimate of drug-likeness (QED) is 0.845. The summed E-state index contributed by atoms with van der Waals surface area (Å²) in [5, 5.41) is 0. The Morgan fingerprint density at radius 2 is 2.00 bits per heavy atom. The summed E-state index contributed by atoms with van der Waals surface area (Å²) < 4.78 is 3.02. The molecule has 2 aromatic heterocycles. The number of aromatic nitrogens is 3. The van der Waals surface area contributed by atoms with Gasteiger partial charge in [0.05, 0.1) is 5.52 Å². The number of likely N-dealkylation sites (tertiary alicyclic amines) is 1. The van der Waals surface area contributed by atoms with Crippen molar-refractivity contribution in [3.63, 3.8) is 0 Å². The predicted octanol–water partition coefficient (Wildman–Crippen LogP) is 1.52. The number of amides is 1. The van der Waals surface area contributed by atoms with Gasteiger partial charge in [0.1, 0.15) is 6.54 Å². The van der Waals surface area contributed by atoms with Gasteiger partial charge in [-0.15, -0.1) is 0 Å².